The predicted octanol–water partition coefficient (Wildman–Crippen LogP) is 2.14. The quantitative estimate of drug-likeness (QED) is 0.871. The van der Waals surface area contributed by atoms with Crippen molar-refractivity contribution in [3.63, 3.8) is 0 Å². The average Bonchev–Trinajstić information content (AvgIpc) is 2.26. The van der Waals surface area contributed by atoms with Gasteiger partial charge in [-0.1, -0.05) is 0 Å². The number of aromatic carboxylic acids is 1. The second kappa shape index (κ2) is 5.55. The van der Waals surface area contributed by atoms with Gasteiger partial charge in [-0.3, -0.25) is 5.32 Å². The first-order chi connectivity index (χ1) is 8.73. The van der Waals surface area contributed by atoms with Crippen molar-refractivity contribution in [3.8, 4) is 5.88 Å². The van der Waals surface area contributed by atoms with Crippen LogP contribution in [0, 0.1) is 0 Å². The van der Waals surface area contributed by atoms with Gasteiger partial charge in [-0.25, -0.2) is 14.6 Å². The predicted molar refractivity (Wildman–Crippen MR) is 67.6 cm³/mol. The lowest BCUT2D eigenvalue weighted by molar-refractivity contribution is 0.0634. The van der Waals surface area contributed by atoms with Crippen LogP contribution < -0.4 is 10.1 Å². The molecule has 1 heterocycles. The highest BCUT2D eigenvalue weighted by atomic mass is 16.6. The van der Waals surface area contributed by atoms with Crippen molar-refractivity contribution >= 4 is 17.7 Å². The molecule has 0 spiro atoms. The summed E-state index contributed by atoms with van der Waals surface area (Å²) in [5.74, 6) is -1.17. The standard InChI is InChI=1S/C12H16N2O5/c1-12(2,3)19-11(17)14-7-5-6-8(10(15)16)13-9(7)18-4/h5-6H,1-4H3,(H,14,17)(H,15,16). The first-order valence-electron chi connectivity index (χ1n) is 5.51. The van der Waals surface area contributed by atoms with Crippen LogP contribution in [0.2, 0.25) is 0 Å². The lowest BCUT2D eigenvalue weighted by atomic mass is 10.2. The number of nitrogens with zero attached hydrogens (tertiary/aromatic N) is 1. The maximum absolute atomic E-state index is 11.6. The molecule has 0 saturated heterocycles. The van der Waals surface area contributed by atoms with Gasteiger partial charge in [0.15, 0.2) is 5.69 Å². The van der Waals surface area contributed by atoms with Gasteiger partial charge in [-0.2, -0.15) is 0 Å². The van der Waals surface area contributed by atoms with Crippen LogP contribution in [-0.4, -0.2) is 34.9 Å². The number of carbonyl (C=O) groups is 2. The summed E-state index contributed by atoms with van der Waals surface area (Å²) in [7, 11) is 1.33. The zero-order valence-corrected chi connectivity index (χ0v) is 11.2. The number of carboxylic acids is 1. The number of amides is 1. The van der Waals surface area contributed by atoms with Crippen molar-refractivity contribution in [2.24, 2.45) is 0 Å². The van der Waals surface area contributed by atoms with Crippen molar-refractivity contribution in [1.82, 2.24) is 4.98 Å². The molecule has 0 aliphatic carbocycles. The minimum Gasteiger partial charge on any atom is -0.479 e. The van der Waals surface area contributed by atoms with Gasteiger partial charge >= 0.3 is 12.1 Å². The molecule has 1 rings (SSSR count). The number of carbonyl (C=O) groups excluding carboxylic acids is 1. The molecule has 0 atom stereocenters. The fraction of sp³-hybridized carbons (Fsp3) is 0.417. The van der Waals surface area contributed by atoms with Crippen LogP contribution in [0.4, 0.5) is 10.5 Å². The van der Waals surface area contributed by atoms with Gasteiger partial charge in [0.2, 0.25) is 5.88 Å². The summed E-state index contributed by atoms with van der Waals surface area (Å²) in [6.45, 7) is 5.20. The average molecular weight is 268 g/mol. The molecular weight excluding hydrogens is 252 g/mol. The minimum absolute atomic E-state index is 0.00533. The lowest BCUT2D eigenvalue weighted by Gasteiger charge is -2.20. The molecule has 0 saturated carbocycles. The first-order valence-corrected chi connectivity index (χ1v) is 5.51. The monoisotopic (exact) mass is 268 g/mol. The van der Waals surface area contributed by atoms with E-state index in [1.54, 1.807) is 20.8 Å². The van der Waals surface area contributed by atoms with Crippen LogP contribution in [0.3, 0.4) is 0 Å². The van der Waals surface area contributed by atoms with Crippen molar-refractivity contribution in [2.45, 2.75) is 26.4 Å². The number of hydrogen-bond acceptors (Lipinski definition) is 5. The Bertz CT molecular complexity index is 493. The molecule has 1 amide bonds. The van der Waals surface area contributed by atoms with Gasteiger partial charge in [0, 0.05) is 0 Å². The van der Waals surface area contributed by atoms with Crippen LogP contribution in [0.1, 0.15) is 31.3 Å². The third kappa shape index (κ3) is 4.46. The van der Waals surface area contributed by atoms with E-state index in [2.05, 4.69) is 10.3 Å². The van der Waals surface area contributed by atoms with Gasteiger partial charge in [-0.15, -0.1) is 0 Å². The van der Waals surface area contributed by atoms with Crippen LogP contribution in [0.15, 0.2) is 12.1 Å². The number of nitrogens with one attached hydrogen (secondary N) is 1. The number of hydrogen-bond donors (Lipinski definition) is 2. The van der Waals surface area contributed by atoms with E-state index in [4.69, 9.17) is 14.6 Å². The molecule has 19 heavy (non-hydrogen) atoms. The topological polar surface area (TPSA) is 97.8 Å². The molecule has 0 radical (unpaired) electrons. The third-order valence-electron chi connectivity index (χ3n) is 1.91. The number of anilines is 1. The zero-order valence-electron chi connectivity index (χ0n) is 11.2. The molecule has 1 aromatic rings. The van der Waals surface area contributed by atoms with Crippen molar-refractivity contribution in [1.29, 1.82) is 0 Å². The van der Waals surface area contributed by atoms with E-state index < -0.39 is 17.7 Å². The lowest BCUT2D eigenvalue weighted by Crippen LogP contribution is -2.27. The second-order valence-electron chi connectivity index (χ2n) is 4.69. The van der Waals surface area contributed by atoms with Crippen LogP contribution >= 0.6 is 0 Å². The van der Waals surface area contributed by atoms with Gasteiger partial charge in [0.1, 0.15) is 11.3 Å². The van der Waals surface area contributed by atoms with Gasteiger partial charge in [0.25, 0.3) is 0 Å². The number of carboxylic acid groups (broad SMARTS) is 1. The smallest absolute Gasteiger partial charge is 0.412 e. The summed E-state index contributed by atoms with van der Waals surface area (Å²) >= 11 is 0. The molecule has 0 fully saturated rings. The molecule has 0 bridgehead atoms. The van der Waals surface area contributed by atoms with E-state index in [1.165, 1.54) is 19.2 Å². The Morgan fingerprint density at radius 3 is 2.42 bits per heavy atom. The van der Waals surface area contributed by atoms with Gasteiger partial charge in [0.05, 0.1) is 7.11 Å². The number of ether oxygens (including phenoxy) is 2. The van der Waals surface area contributed by atoms with Crippen LogP contribution in [0.5, 0.6) is 5.88 Å². The Morgan fingerprint density at radius 1 is 1.32 bits per heavy atom. The van der Waals surface area contributed by atoms with E-state index in [1.807, 2.05) is 0 Å². The summed E-state index contributed by atoms with van der Waals surface area (Å²) in [6.07, 6.45) is -0.671. The Kier molecular flexibility index (Phi) is 4.31. The minimum atomic E-state index is -1.18. The second-order valence-corrected chi connectivity index (χ2v) is 4.69. The van der Waals surface area contributed by atoms with Crippen molar-refractivity contribution in [3.05, 3.63) is 17.8 Å². The molecule has 0 unspecified atom stereocenters. The van der Waals surface area contributed by atoms with E-state index in [0.29, 0.717) is 0 Å². The van der Waals surface area contributed by atoms with E-state index in [0.717, 1.165) is 0 Å². The van der Waals surface area contributed by atoms with E-state index in [-0.39, 0.29) is 17.3 Å². The Balaban J connectivity index is 2.89. The Morgan fingerprint density at radius 2 is 1.95 bits per heavy atom. The third-order valence-corrected chi connectivity index (χ3v) is 1.91. The normalized spacial score (nSPS) is 10.7. The summed E-state index contributed by atoms with van der Waals surface area (Å²) in [5.41, 5.74) is -0.570. The van der Waals surface area contributed by atoms with Gasteiger partial charge in [-0.05, 0) is 32.9 Å². The zero-order chi connectivity index (χ0) is 14.6. The van der Waals surface area contributed by atoms with Crippen LogP contribution in [-0.2, 0) is 4.74 Å². The highest BCUT2D eigenvalue weighted by molar-refractivity contribution is 5.89. The van der Waals surface area contributed by atoms with E-state index >= 15 is 0 Å². The van der Waals surface area contributed by atoms with Crippen molar-refractivity contribution in [2.75, 3.05) is 12.4 Å². The molecular formula is C12H16N2O5. The molecule has 0 aromatic carbocycles. The van der Waals surface area contributed by atoms with E-state index in [9.17, 15) is 9.59 Å². The highest BCUT2D eigenvalue weighted by Crippen LogP contribution is 2.22. The maximum atomic E-state index is 11.6. The Labute approximate surface area is 110 Å². The number of pyridine rings is 1. The molecule has 104 valence electrons. The number of methoxy groups -OCH3 is 1. The largest absolute Gasteiger partial charge is 0.479 e. The molecule has 7 heteroatoms. The molecule has 0 aliphatic rings. The molecule has 7 nitrogen and oxygen atoms in total. The number of rotatable bonds is 3. The molecule has 2 N–H and O–H groups in total. The summed E-state index contributed by atoms with van der Waals surface area (Å²) in [5, 5.41) is 11.2. The summed E-state index contributed by atoms with van der Waals surface area (Å²) < 4.78 is 9.99. The van der Waals surface area contributed by atoms with Crippen molar-refractivity contribution < 1.29 is 24.2 Å². The number of aromatic nitrogens is 1. The fourth-order valence-electron chi connectivity index (χ4n) is 1.22. The Hall–Kier alpha value is -2.31. The highest BCUT2D eigenvalue weighted by Gasteiger charge is 2.18. The first kappa shape index (κ1) is 14.7. The molecule has 1 aromatic heterocycles. The summed E-state index contributed by atoms with van der Waals surface area (Å²) in [4.78, 5) is 26.1. The summed E-state index contributed by atoms with van der Waals surface area (Å²) in [6, 6.07) is 2.65. The SMILES string of the molecule is COc1nc(C(=O)O)ccc1NC(=O)OC(C)(C)C. The maximum Gasteiger partial charge on any atom is 0.412 e. The molecule has 0 aliphatic heterocycles. The fourth-order valence-corrected chi connectivity index (χ4v) is 1.22. The van der Waals surface area contributed by atoms with Gasteiger partial charge < -0.3 is 14.6 Å². The van der Waals surface area contributed by atoms with Crippen LogP contribution in [0.25, 0.3) is 0 Å².